The van der Waals surface area contributed by atoms with Gasteiger partial charge in [0.2, 0.25) is 0 Å². The average Bonchev–Trinajstić information content (AvgIpc) is 3.43. The third-order valence-corrected chi connectivity index (χ3v) is 7.41. The van der Waals surface area contributed by atoms with Gasteiger partial charge in [-0.3, -0.25) is 4.99 Å². The second kappa shape index (κ2) is 15.6. The van der Waals surface area contributed by atoms with Crippen LogP contribution >= 0.6 is 11.6 Å². The zero-order valence-corrected chi connectivity index (χ0v) is 25.9. The van der Waals surface area contributed by atoms with Crippen LogP contribution in [0.3, 0.4) is 0 Å². The number of methoxy groups -OCH3 is 3. The summed E-state index contributed by atoms with van der Waals surface area (Å²) < 4.78 is 29.9. The lowest BCUT2D eigenvalue weighted by Gasteiger charge is -2.28. The standard InChI is InChI=1S/C20H18ClNO3.C11H23N3O3/c1-23-18-7-3-6-15(20(18)24-2)19-16-11-13(21)8-9-17(16)22-10-4-5-14(22)12-25-19;1-5-11(6-2,10(15)16-4)17-8-9(14-12)13-7-3/h3-11,19H,12H2,1-2H3;5-8,12H2,1-4H3,(H,13,14)/t19-;/m1./s1. The second-order valence-electron chi connectivity index (χ2n) is 9.39. The molecule has 0 saturated carbocycles. The predicted octanol–water partition coefficient (Wildman–Crippen LogP) is 5.38. The van der Waals surface area contributed by atoms with E-state index in [-0.39, 0.29) is 18.7 Å². The van der Waals surface area contributed by atoms with Crippen LogP contribution in [0, 0.1) is 0 Å². The van der Waals surface area contributed by atoms with Crippen LogP contribution < -0.4 is 20.7 Å². The Balaban J connectivity index is 0.000000252. The number of hydrogen-bond donors (Lipinski definition) is 2. The molecule has 0 fully saturated rings. The summed E-state index contributed by atoms with van der Waals surface area (Å²) in [4.78, 5) is 15.8. The molecule has 0 unspecified atom stereocenters. The van der Waals surface area contributed by atoms with Gasteiger partial charge in [0, 0.05) is 34.6 Å². The zero-order chi connectivity index (χ0) is 30.7. The molecule has 2 heterocycles. The molecule has 4 rings (SSSR count). The maximum absolute atomic E-state index is 11.7. The maximum atomic E-state index is 11.7. The summed E-state index contributed by atoms with van der Waals surface area (Å²) in [5.74, 6) is 6.80. The fourth-order valence-electron chi connectivity index (χ4n) is 4.88. The van der Waals surface area contributed by atoms with Gasteiger partial charge in [-0.05, 0) is 56.2 Å². The van der Waals surface area contributed by atoms with Crippen molar-refractivity contribution in [2.24, 2.45) is 10.8 Å². The molecule has 3 aromatic rings. The molecule has 0 spiro atoms. The fraction of sp³-hybridized carbons (Fsp3) is 0.419. The van der Waals surface area contributed by atoms with E-state index in [1.807, 2.05) is 69.4 Å². The van der Waals surface area contributed by atoms with Crippen molar-refractivity contribution in [1.82, 2.24) is 9.99 Å². The molecule has 0 saturated heterocycles. The molecule has 11 heteroatoms. The third kappa shape index (κ3) is 7.25. The van der Waals surface area contributed by atoms with Crippen LogP contribution in [-0.2, 0) is 25.6 Å². The summed E-state index contributed by atoms with van der Waals surface area (Å²) >= 11 is 6.30. The van der Waals surface area contributed by atoms with Crippen LogP contribution in [0.2, 0.25) is 5.02 Å². The molecular formula is C31H41ClN4O6. The molecule has 1 atom stereocenters. The number of fused-ring (bicyclic) bond motifs is 3. The number of carbonyl (C=O) groups is 1. The summed E-state index contributed by atoms with van der Waals surface area (Å²) in [6, 6.07) is 15.8. The Bertz CT molecular complexity index is 1350. The lowest BCUT2D eigenvalue weighted by Crippen LogP contribution is -2.45. The van der Waals surface area contributed by atoms with E-state index in [2.05, 4.69) is 21.1 Å². The zero-order valence-electron chi connectivity index (χ0n) is 25.1. The fourth-order valence-corrected chi connectivity index (χ4v) is 5.06. The molecule has 0 bridgehead atoms. The van der Waals surface area contributed by atoms with Crippen LogP contribution in [0.25, 0.3) is 5.69 Å². The number of aromatic nitrogens is 1. The molecule has 1 aliphatic heterocycles. The molecule has 2 aromatic carbocycles. The van der Waals surface area contributed by atoms with E-state index in [4.69, 9.17) is 41.1 Å². The number of nitrogens with one attached hydrogen (secondary N) is 1. The van der Waals surface area contributed by atoms with Gasteiger partial charge >= 0.3 is 5.97 Å². The minimum Gasteiger partial charge on any atom is -0.493 e. The van der Waals surface area contributed by atoms with E-state index >= 15 is 0 Å². The highest BCUT2D eigenvalue weighted by Gasteiger charge is 2.37. The number of para-hydroxylation sites is 1. The summed E-state index contributed by atoms with van der Waals surface area (Å²) in [7, 11) is 4.63. The van der Waals surface area contributed by atoms with Crippen molar-refractivity contribution in [2.75, 3.05) is 34.5 Å². The number of amidine groups is 1. The van der Waals surface area contributed by atoms with Gasteiger partial charge in [0.1, 0.15) is 18.5 Å². The normalized spacial score (nSPS) is 14.5. The second-order valence-corrected chi connectivity index (χ2v) is 9.83. The molecule has 228 valence electrons. The lowest BCUT2D eigenvalue weighted by atomic mass is 9.97. The number of aliphatic imine (C=N–C) groups is 1. The van der Waals surface area contributed by atoms with Crippen molar-refractivity contribution in [2.45, 2.75) is 51.9 Å². The molecule has 1 aliphatic rings. The number of rotatable bonds is 10. The Morgan fingerprint density at radius 1 is 1.10 bits per heavy atom. The van der Waals surface area contributed by atoms with E-state index < -0.39 is 5.60 Å². The van der Waals surface area contributed by atoms with Gasteiger partial charge in [-0.2, -0.15) is 0 Å². The molecule has 3 N–H and O–H groups in total. The quantitative estimate of drug-likeness (QED) is 0.105. The first kappa shape index (κ1) is 32.9. The van der Waals surface area contributed by atoms with Crippen LogP contribution in [0.1, 0.15) is 56.5 Å². The number of esters is 1. The van der Waals surface area contributed by atoms with Gasteiger partial charge in [0.25, 0.3) is 0 Å². The van der Waals surface area contributed by atoms with E-state index in [0.717, 1.165) is 22.5 Å². The summed E-state index contributed by atoms with van der Waals surface area (Å²) in [6.45, 7) is 6.92. The SMILES string of the molecule is CCN=C(COC(CC)(CC)C(=O)OC)NN.COc1cccc([C@H]2OCc3cccn3-c3ccc(Cl)cc32)c1OC. The third-order valence-electron chi connectivity index (χ3n) is 7.18. The number of nitrogens with two attached hydrogens (primary N) is 1. The molecule has 0 amide bonds. The van der Waals surface area contributed by atoms with Crippen LogP contribution in [-0.4, -0.2) is 56.5 Å². The summed E-state index contributed by atoms with van der Waals surface area (Å²) in [5.41, 5.74) is 5.59. The van der Waals surface area contributed by atoms with Crippen LogP contribution in [0.4, 0.5) is 0 Å². The van der Waals surface area contributed by atoms with Gasteiger partial charge in [-0.25, -0.2) is 10.6 Å². The van der Waals surface area contributed by atoms with Gasteiger partial charge in [0.15, 0.2) is 17.1 Å². The van der Waals surface area contributed by atoms with Gasteiger partial charge < -0.3 is 33.7 Å². The minimum absolute atomic E-state index is 0.168. The summed E-state index contributed by atoms with van der Waals surface area (Å²) in [5, 5.41) is 0.671. The van der Waals surface area contributed by atoms with Crippen molar-refractivity contribution in [1.29, 1.82) is 0 Å². The molecule has 42 heavy (non-hydrogen) atoms. The van der Waals surface area contributed by atoms with E-state index in [1.54, 1.807) is 14.2 Å². The number of hydrazine groups is 1. The topological polar surface area (TPSA) is 119 Å². The Morgan fingerprint density at radius 2 is 1.86 bits per heavy atom. The van der Waals surface area contributed by atoms with Gasteiger partial charge in [-0.15, -0.1) is 0 Å². The first-order valence-corrected chi connectivity index (χ1v) is 14.2. The van der Waals surface area contributed by atoms with Crippen molar-refractivity contribution in [3.8, 4) is 17.2 Å². The van der Waals surface area contributed by atoms with E-state index in [9.17, 15) is 4.79 Å². The average molecular weight is 601 g/mol. The Kier molecular flexibility index (Phi) is 12.2. The molecule has 1 aromatic heterocycles. The lowest BCUT2D eigenvalue weighted by molar-refractivity contribution is -0.168. The number of nitrogens with zero attached hydrogens (tertiary/aromatic N) is 2. The van der Waals surface area contributed by atoms with Crippen molar-refractivity contribution >= 4 is 23.4 Å². The number of hydrogen-bond acceptors (Lipinski definition) is 8. The Hall–Kier alpha value is -3.57. The monoisotopic (exact) mass is 600 g/mol. The largest absolute Gasteiger partial charge is 0.493 e. The number of halogens is 1. The van der Waals surface area contributed by atoms with Crippen molar-refractivity contribution in [3.63, 3.8) is 0 Å². The Morgan fingerprint density at radius 3 is 2.48 bits per heavy atom. The van der Waals surface area contributed by atoms with E-state index in [0.29, 0.717) is 48.4 Å². The molecular weight excluding hydrogens is 560 g/mol. The molecule has 0 radical (unpaired) electrons. The van der Waals surface area contributed by atoms with Crippen molar-refractivity contribution in [3.05, 3.63) is 76.6 Å². The summed E-state index contributed by atoms with van der Waals surface area (Å²) in [6.07, 6.45) is 2.82. The highest BCUT2D eigenvalue weighted by atomic mass is 35.5. The van der Waals surface area contributed by atoms with E-state index in [1.165, 1.54) is 7.11 Å². The van der Waals surface area contributed by atoms with Gasteiger partial charge in [-0.1, -0.05) is 37.6 Å². The van der Waals surface area contributed by atoms with Gasteiger partial charge in [0.05, 0.1) is 33.6 Å². The highest BCUT2D eigenvalue weighted by Crippen LogP contribution is 2.43. The maximum Gasteiger partial charge on any atom is 0.338 e. The first-order valence-electron chi connectivity index (χ1n) is 13.8. The number of ether oxygens (including phenoxy) is 5. The van der Waals surface area contributed by atoms with Crippen LogP contribution in [0.15, 0.2) is 59.7 Å². The Labute approximate surface area is 252 Å². The van der Waals surface area contributed by atoms with Crippen molar-refractivity contribution < 1.29 is 28.5 Å². The van der Waals surface area contributed by atoms with Crippen LogP contribution in [0.5, 0.6) is 11.5 Å². The molecule has 0 aliphatic carbocycles. The first-order chi connectivity index (χ1) is 20.3. The number of carbonyl (C=O) groups excluding carboxylic acids is 1. The highest BCUT2D eigenvalue weighted by molar-refractivity contribution is 6.30. The predicted molar refractivity (Wildman–Crippen MR) is 164 cm³/mol. The molecule has 10 nitrogen and oxygen atoms in total. The smallest absolute Gasteiger partial charge is 0.338 e. The number of benzene rings is 2. The minimum atomic E-state index is -0.917.